The van der Waals surface area contributed by atoms with Gasteiger partial charge in [-0.25, -0.2) is 0 Å². The molecule has 0 N–H and O–H groups in total. The SMILES string of the molecule is CC(C)N1CCc2cc(C(C)(C)C)ccc21. The molecular weight excluding hydrogens is 194 g/mol. The van der Waals surface area contributed by atoms with Crippen LogP contribution in [0.25, 0.3) is 0 Å². The molecular formula is C15H23N. The minimum absolute atomic E-state index is 0.264. The first-order chi connectivity index (χ1) is 7.39. The van der Waals surface area contributed by atoms with Crippen molar-refractivity contribution in [1.82, 2.24) is 0 Å². The molecule has 1 heteroatoms. The molecule has 88 valence electrons. The number of nitrogens with zero attached hydrogens (tertiary/aromatic N) is 1. The molecule has 0 aliphatic carbocycles. The molecule has 1 aliphatic rings. The van der Waals surface area contributed by atoms with Crippen molar-refractivity contribution in [1.29, 1.82) is 0 Å². The van der Waals surface area contributed by atoms with E-state index in [2.05, 4.69) is 57.7 Å². The number of fused-ring (bicyclic) bond motifs is 1. The molecule has 0 bridgehead atoms. The standard InChI is InChI=1S/C15H23N/c1-11(2)16-9-8-12-10-13(15(3,4)5)6-7-14(12)16/h6-7,10-11H,8-9H2,1-5H3. The van der Waals surface area contributed by atoms with E-state index < -0.39 is 0 Å². The number of hydrogen-bond donors (Lipinski definition) is 0. The molecule has 0 amide bonds. The van der Waals surface area contributed by atoms with Gasteiger partial charge < -0.3 is 4.90 Å². The number of hydrogen-bond acceptors (Lipinski definition) is 1. The quantitative estimate of drug-likeness (QED) is 0.692. The predicted octanol–water partition coefficient (Wildman–Crippen LogP) is 3.76. The Morgan fingerprint density at radius 3 is 2.44 bits per heavy atom. The second-order valence-corrected chi connectivity index (χ2v) is 6.13. The minimum atomic E-state index is 0.264. The average Bonchev–Trinajstić information content (AvgIpc) is 2.58. The largest absolute Gasteiger partial charge is 0.369 e. The zero-order chi connectivity index (χ0) is 11.9. The van der Waals surface area contributed by atoms with Crippen LogP contribution in [-0.2, 0) is 11.8 Å². The highest BCUT2D eigenvalue weighted by Gasteiger charge is 2.23. The molecule has 0 saturated carbocycles. The van der Waals surface area contributed by atoms with Crippen LogP contribution in [0.5, 0.6) is 0 Å². The first-order valence-electron chi connectivity index (χ1n) is 6.29. The molecule has 0 fully saturated rings. The van der Waals surface area contributed by atoms with Crippen molar-refractivity contribution in [2.75, 3.05) is 11.4 Å². The molecule has 0 atom stereocenters. The summed E-state index contributed by atoms with van der Waals surface area (Å²) in [5.41, 5.74) is 4.70. The van der Waals surface area contributed by atoms with Crippen molar-refractivity contribution in [3.63, 3.8) is 0 Å². The van der Waals surface area contributed by atoms with Gasteiger partial charge in [0.25, 0.3) is 0 Å². The summed E-state index contributed by atoms with van der Waals surface area (Å²) in [6.45, 7) is 12.6. The van der Waals surface area contributed by atoms with Crippen LogP contribution in [0.4, 0.5) is 5.69 Å². The van der Waals surface area contributed by atoms with Gasteiger partial charge in [-0.05, 0) is 42.9 Å². The van der Waals surface area contributed by atoms with Crippen LogP contribution < -0.4 is 4.90 Å². The van der Waals surface area contributed by atoms with Crippen molar-refractivity contribution >= 4 is 5.69 Å². The molecule has 0 radical (unpaired) electrons. The van der Waals surface area contributed by atoms with Gasteiger partial charge in [-0.2, -0.15) is 0 Å². The second-order valence-electron chi connectivity index (χ2n) is 6.13. The Bertz CT molecular complexity index is 385. The Morgan fingerprint density at radius 2 is 1.88 bits per heavy atom. The summed E-state index contributed by atoms with van der Waals surface area (Å²) in [4.78, 5) is 2.50. The fourth-order valence-corrected chi connectivity index (χ4v) is 2.43. The van der Waals surface area contributed by atoms with Crippen LogP contribution in [0.1, 0.15) is 45.7 Å². The zero-order valence-corrected chi connectivity index (χ0v) is 11.2. The molecule has 1 nitrogen and oxygen atoms in total. The van der Waals surface area contributed by atoms with Gasteiger partial charge in [0.05, 0.1) is 0 Å². The summed E-state index contributed by atoms with van der Waals surface area (Å²) >= 11 is 0. The van der Waals surface area contributed by atoms with E-state index in [0.29, 0.717) is 6.04 Å². The number of benzene rings is 1. The van der Waals surface area contributed by atoms with Crippen LogP contribution in [0.2, 0.25) is 0 Å². The van der Waals surface area contributed by atoms with Gasteiger partial charge in [0.15, 0.2) is 0 Å². The van der Waals surface area contributed by atoms with Gasteiger partial charge >= 0.3 is 0 Å². The average molecular weight is 217 g/mol. The van der Waals surface area contributed by atoms with E-state index in [0.717, 1.165) is 0 Å². The Morgan fingerprint density at radius 1 is 1.19 bits per heavy atom. The van der Waals surface area contributed by atoms with Gasteiger partial charge in [0.1, 0.15) is 0 Å². The molecule has 0 aromatic heterocycles. The van der Waals surface area contributed by atoms with E-state index in [1.54, 1.807) is 0 Å². The van der Waals surface area contributed by atoms with Crippen LogP contribution in [0.3, 0.4) is 0 Å². The lowest BCUT2D eigenvalue weighted by Gasteiger charge is -2.25. The van der Waals surface area contributed by atoms with E-state index in [1.807, 2.05) is 0 Å². The maximum Gasteiger partial charge on any atom is 0.0402 e. The van der Waals surface area contributed by atoms with E-state index in [9.17, 15) is 0 Å². The molecule has 1 aromatic rings. The lowest BCUT2D eigenvalue weighted by Crippen LogP contribution is -2.28. The van der Waals surface area contributed by atoms with Gasteiger partial charge in [0, 0.05) is 18.3 Å². The van der Waals surface area contributed by atoms with Crippen LogP contribution in [-0.4, -0.2) is 12.6 Å². The summed E-state index contributed by atoms with van der Waals surface area (Å²) in [5.74, 6) is 0. The van der Waals surface area contributed by atoms with Crippen molar-refractivity contribution in [2.24, 2.45) is 0 Å². The summed E-state index contributed by atoms with van der Waals surface area (Å²) in [5, 5.41) is 0. The highest BCUT2D eigenvalue weighted by atomic mass is 15.2. The van der Waals surface area contributed by atoms with Crippen molar-refractivity contribution in [2.45, 2.75) is 52.5 Å². The fourth-order valence-electron chi connectivity index (χ4n) is 2.43. The van der Waals surface area contributed by atoms with Gasteiger partial charge in [-0.1, -0.05) is 32.9 Å². The van der Waals surface area contributed by atoms with Gasteiger partial charge in [-0.3, -0.25) is 0 Å². The molecule has 0 unspecified atom stereocenters. The maximum absolute atomic E-state index is 2.50. The molecule has 0 spiro atoms. The Balaban J connectivity index is 2.37. The normalized spacial score (nSPS) is 15.8. The van der Waals surface area contributed by atoms with Crippen LogP contribution >= 0.6 is 0 Å². The minimum Gasteiger partial charge on any atom is -0.369 e. The highest BCUT2D eigenvalue weighted by molar-refractivity contribution is 5.60. The summed E-state index contributed by atoms with van der Waals surface area (Å²) in [6.07, 6.45) is 1.21. The first kappa shape index (κ1) is 11.5. The molecule has 1 aliphatic heterocycles. The Kier molecular flexibility index (Phi) is 2.73. The molecule has 16 heavy (non-hydrogen) atoms. The lowest BCUT2D eigenvalue weighted by atomic mass is 9.86. The fraction of sp³-hybridized carbons (Fsp3) is 0.600. The predicted molar refractivity (Wildman–Crippen MR) is 71.3 cm³/mol. The Hall–Kier alpha value is -0.980. The maximum atomic E-state index is 2.50. The third-order valence-corrected chi connectivity index (χ3v) is 3.50. The molecule has 1 heterocycles. The summed E-state index contributed by atoms with van der Waals surface area (Å²) in [6, 6.07) is 7.61. The van der Waals surface area contributed by atoms with E-state index in [-0.39, 0.29) is 5.41 Å². The van der Waals surface area contributed by atoms with Crippen molar-refractivity contribution < 1.29 is 0 Å². The summed E-state index contributed by atoms with van der Waals surface area (Å²) in [7, 11) is 0. The molecule has 1 aromatic carbocycles. The topological polar surface area (TPSA) is 3.24 Å². The van der Waals surface area contributed by atoms with Crippen LogP contribution in [0, 0.1) is 0 Å². The second kappa shape index (κ2) is 3.80. The summed E-state index contributed by atoms with van der Waals surface area (Å²) < 4.78 is 0. The number of rotatable bonds is 1. The highest BCUT2D eigenvalue weighted by Crippen LogP contribution is 2.33. The monoisotopic (exact) mass is 217 g/mol. The van der Waals surface area contributed by atoms with Crippen molar-refractivity contribution in [3.05, 3.63) is 29.3 Å². The smallest absolute Gasteiger partial charge is 0.0402 e. The van der Waals surface area contributed by atoms with Crippen molar-refractivity contribution in [3.8, 4) is 0 Å². The first-order valence-corrected chi connectivity index (χ1v) is 6.29. The van der Waals surface area contributed by atoms with Gasteiger partial charge in [-0.15, -0.1) is 0 Å². The van der Waals surface area contributed by atoms with Gasteiger partial charge in [0.2, 0.25) is 0 Å². The van der Waals surface area contributed by atoms with E-state index in [4.69, 9.17) is 0 Å². The zero-order valence-electron chi connectivity index (χ0n) is 11.2. The molecule has 2 rings (SSSR count). The third-order valence-electron chi connectivity index (χ3n) is 3.50. The van der Waals surface area contributed by atoms with E-state index >= 15 is 0 Å². The lowest BCUT2D eigenvalue weighted by molar-refractivity contribution is 0.589. The van der Waals surface area contributed by atoms with E-state index in [1.165, 1.54) is 29.8 Å². The molecule has 0 saturated heterocycles. The van der Waals surface area contributed by atoms with Crippen LogP contribution in [0.15, 0.2) is 18.2 Å². The number of anilines is 1. The Labute approximate surface area is 99.5 Å². The third kappa shape index (κ3) is 1.95.